The van der Waals surface area contributed by atoms with Crippen LogP contribution < -0.4 is 10.1 Å². The van der Waals surface area contributed by atoms with Gasteiger partial charge in [0.25, 0.3) is 5.91 Å². The maximum absolute atomic E-state index is 12.0. The Balaban J connectivity index is 1.92. The van der Waals surface area contributed by atoms with Crippen molar-refractivity contribution in [1.29, 1.82) is 0 Å². The quantitative estimate of drug-likeness (QED) is 0.703. The van der Waals surface area contributed by atoms with Crippen LogP contribution in [0.25, 0.3) is 0 Å². The van der Waals surface area contributed by atoms with E-state index >= 15 is 0 Å². The number of halogens is 1. The van der Waals surface area contributed by atoms with E-state index in [-0.39, 0.29) is 17.0 Å². The lowest BCUT2D eigenvalue weighted by Gasteiger charge is -2.10. The maximum atomic E-state index is 12.0. The summed E-state index contributed by atoms with van der Waals surface area (Å²) < 4.78 is 33.2. The number of esters is 1. The highest BCUT2D eigenvalue weighted by atomic mass is 35.5. The number of carbonyl (C=O) groups excluding carboxylic acids is 2. The minimum absolute atomic E-state index is 0.0744. The highest BCUT2D eigenvalue weighted by Gasteiger charge is 2.13. The van der Waals surface area contributed by atoms with Gasteiger partial charge in [0.15, 0.2) is 16.4 Å². The van der Waals surface area contributed by atoms with E-state index in [0.29, 0.717) is 16.3 Å². The lowest BCUT2D eigenvalue weighted by atomic mass is 10.1. The van der Waals surface area contributed by atoms with Gasteiger partial charge in [-0.25, -0.2) is 8.42 Å². The smallest absolute Gasteiger partial charge is 0.310 e. The normalized spacial score (nSPS) is 10.9. The maximum Gasteiger partial charge on any atom is 0.310 e. The number of hydrogen-bond acceptors (Lipinski definition) is 6. The molecule has 0 heterocycles. The van der Waals surface area contributed by atoms with E-state index in [1.807, 2.05) is 0 Å². The lowest BCUT2D eigenvalue weighted by molar-refractivity contribution is -0.146. The number of nitrogens with one attached hydrogen (secondary N) is 1. The zero-order valence-corrected chi connectivity index (χ0v) is 16.3. The molecule has 0 aliphatic carbocycles. The first-order chi connectivity index (χ1) is 12.7. The van der Waals surface area contributed by atoms with Crippen molar-refractivity contribution in [3.05, 3.63) is 53.1 Å². The van der Waals surface area contributed by atoms with E-state index < -0.39 is 28.3 Å². The molecular weight excluding hydrogens is 394 g/mol. The van der Waals surface area contributed by atoms with Crippen molar-refractivity contribution < 1.29 is 27.5 Å². The first-order valence-electron chi connectivity index (χ1n) is 7.77. The fraction of sp³-hybridized carbons (Fsp3) is 0.222. The van der Waals surface area contributed by atoms with Crippen molar-refractivity contribution in [3.8, 4) is 5.75 Å². The average molecular weight is 412 g/mol. The van der Waals surface area contributed by atoms with Crippen LogP contribution in [0.1, 0.15) is 5.56 Å². The van der Waals surface area contributed by atoms with Crippen molar-refractivity contribution in [2.24, 2.45) is 0 Å². The summed E-state index contributed by atoms with van der Waals surface area (Å²) in [6.07, 6.45) is 0.959. The zero-order valence-electron chi connectivity index (χ0n) is 14.7. The van der Waals surface area contributed by atoms with Crippen LogP contribution in [0.3, 0.4) is 0 Å². The first kappa shape index (κ1) is 20.7. The molecule has 2 aromatic rings. The Labute approximate surface area is 162 Å². The molecule has 0 saturated heterocycles. The fourth-order valence-corrected chi connectivity index (χ4v) is 3.10. The van der Waals surface area contributed by atoms with Gasteiger partial charge in [0.1, 0.15) is 5.75 Å². The highest BCUT2D eigenvalue weighted by Crippen LogP contribution is 2.23. The number of benzene rings is 2. The van der Waals surface area contributed by atoms with Crippen LogP contribution >= 0.6 is 11.6 Å². The number of methoxy groups -OCH3 is 1. The van der Waals surface area contributed by atoms with Gasteiger partial charge in [-0.3, -0.25) is 9.59 Å². The Kier molecular flexibility index (Phi) is 6.81. The summed E-state index contributed by atoms with van der Waals surface area (Å²) >= 11 is 5.91. The molecule has 0 aliphatic heterocycles. The molecule has 2 rings (SSSR count). The Bertz CT molecular complexity index is 958. The second kappa shape index (κ2) is 8.88. The van der Waals surface area contributed by atoms with Gasteiger partial charge < -0.3 is 14.8 Å². The van der Waals surface area contributed by atoms with E-state index in [1.54, 1.807) is 18.2 Å². The highest BCUT2D eigenvalue weighted by molar-refractivity contribution is 7.90. The number of sulfone groups is 1. The molecule has 1 N–H and O–H groups in total. The van der Waals surface area contributed by atoms with Crippen LogP contribution in [-0.2, 0) is 30.6 Å². The minimum Gasteiger partial charge on any atom is -0.496 e. The summed E-state index contributed by atoms with van der Waals surface area (Å²) in [6.45, 7) is -0.509. The molecule has 0 radical (unpaired) electrons. The number of carbonyl (C=O) groups is 2. The van der Waals surface area contributed by atoms with Gasteiger partial charge in [-0.2, -0.15) is 0 Å². The summed E-state index contributed by atoms with van der Waals surface area (Å²) in [7, 11) is -1.92. The van der Waals surface area contributed by atoms with Crippen molar-refractivity contribution in [2.75, 3.05) is 25.3 Å². The van der Waals surface area contributed by atoms with Crippen LogP contribution in [0.2, 0.25) is 5.02 Å². The van der Waals surface area contributed by atoms with Gasteiger partial charge in [0, 0.05) is 22.5 Å². The average Bonchev–Trinajstić information content (AvgIpc) is 2.60. The Morgan fingerprint density at radius 2 is 1.89 bits per heavy atom. The third-order valence-electron chi connectivity index (χ3n) is 3.49. The summed E-state index contributed by atoms with van der Waals surface area (Å²) in [5, 5.41) is 2.93. The van der Waals surface area contributed by atoms with Gasteiger partial charge in [-0.05, 0) is 36.4 Å². The second-order valence-electron chi connectivity index (χ2n) is 5.64. The van der Waals surface area contributed by atoms with Crippen LogP contribution in [0.15, 0.2) is 47.4 Å². The molecule has 144 valence electrons. The molecule has 0 atom stereocenters. The predicted octanol–water partition coefficient (Wildman–Crippen LogP) is 2.48. The van der Waals surface area contributed by atoms with E-state index in [1.165, 1.54) is 31.4 Å². The number of hydrogen-bond donors (Lipinski definition) is 1. The van der Waals surface area contributed by atoms with E-state index in [0.717, 1.165) is 6.26 Å². The summed E-state index contributed by atoms with van der Waals surface area (Å²) in [4.78, 5) is 24.0. The third kappa shape index (κ3) is 6.26. The van der Waals surface area contributed by atoms with Gasteiger partial charge in [0.2, 0.25) is 0 Å². The van der Waals surface area contributed by atoms with Crippen LogP contribution in [0, 0.1) is 0 Å². The molecule has 0 aromatic heterocycles. The molecular formula is C18H18ClNO6S. The molecule has 0 aliphatic rings. The fourth-order valence-electron chi connectivity index (χ4n) is 2.24. The van der Waals surface area contributed by atoms with Crippen molar-refractivity contribution >= 4 is 39.0 Å². The molecule has 2 aromatic carbocycles. The first-order valence-corrected chi connectivity index (χ1v) is 10.0. The molecule has 0 bridgehead atoms. The molecule has 9 heteroatoms. The number of ether oxygens (including phenoxy) is 2. The summed E-state index contributed by atoms with van der Waals surface area (Å²) in [5.74, 6) is -0.735. The molecule has 7 nitrogen and oxygen atoms in total. The van der Waals surface area contributed by atoms with E-state index in [2.05, 4.69) is 5.32 Å². The standard InChI is InChI=1S/C18H18ClNO6S/c1-25-16-7-6-13(19)8-12(16)9-18(22)26-11-17(21)20-14-4-3-5-15(10-14)27(2,23)24/h3-8,10H,9,11H2,1-2H3,(H,20,21). The van der Waals surface area contributed by atoms with Crippen molar-refractivity contribution in [3.63, 3.8) is 0 Å². The van der Waals surface area contributed by atoms with Gasteiger partial charge in [-0.1, -0.05) is 17.7 Å². The molecule has 0 fully saturated rings. The van der Waals surface area contributed by atoms with Crippen LogP contribution in [-0.4, -0.2) is 40.3 Å². The van der Waals surface area contributed by atoms with Gasteiger partial charge >= 0.3 is 5.97 Å². The van der Waals surface area contributed by atoms with Crippen molar-refractivity contribution in [1.82, 2.24) is 0 Å². The topological polar surface area (TPSA) is 98.8 Å². The number of amides is 1. The zero-order chi connectivity index (χ0) is 20.0. The Morgan fingerprint density at radius 1 is 1.15 bits per heavy atom. The molecule has 0 saturated carbocycles. The van der Waals surface area contributed by atoms with Crippen LogP contribution in [0.4, 0.5) is 5.69 Å². The third-order valence-corrected chi connectivity index (χ3v) is 4.83. The molecule has 1 amide bonds. The van der Waals surface area contributed by atoms with Crippen LogP contribution in [0.5, 0.6) is 5.75 Å². The van der Waals surface area contributed by atoms with Crippen molar-refractivity contribution in [2.45, 2.75) is 11.3 Å². The summed E-state index contributed by atoms with van der Waals surface area (Å²) in [5.41, 5.74) is 0.826. The lowest BCUT2D eigenvalue weighted by Crippen LogP contribution is -2.21. The summed E-state index contributed by atoms with van der Waals surface area (Å²) in [6, 6.07) is 10.6. The van der Waals surface area contributed by atoms with Gasteiger partial charge in [0.05, 0.1) is 18.4 Å². The second-order valence-corrected chi connectivity index (χ2v) is 8.09. The van der Waals surface area contributed by atoms with E-state index in [4.69, 9.17) is 21.1 Å². The Morgan fingerprint density at radius 3 is 2.56 bits per heavy atom. The SMILES string of the molecule is COc1ccc(Cl)cc1CC(=O)OCC(=O)Nc1cccc(S(C)(=O)=O)c1. The minimum atomic E-state index is -3.39. The van der Waals surface area contributed by atoms with Gasteiger partial charge in [-0.15, -0.1) is 0 Å². The molecule has 27 heavy (non-hydrogen) atoms. The monoisotopic (exact) mass is 411 g/mol. The number of rotatable bonds is 7. The molecule has 0 unspecified atom stereocenters. The largest absolute Gasteiger partial charge is 0.496 e. The molecule has 0 spiro atoms. The Hall–Kier alpha value is -2.58. The number of anilines is 1. The van der Waals surface area contributed by atoms with E-state index in [9.17, 15) is 18.0 Å². The predicted molar refractivity (Wildman–Crippen MR) is 101 cm³/mol.